The van der Waals surface area contributed by atoms with Crippen LogP contribution in [0, 0.1) is 5.92 Å². The minimum Gasteiger partial charge on any atom is -0.496 e. The second-order valence-corrected chi connectivity index (χ2v) is 4.73. The lowest BCUT2D eigenvalue weighted by Gasteiger charge is -2.22. The zero-order valence-electron chi connectivity index (χ0n) is 11.6. The summed E-state index contributed by atoms with van der Waals surface area (Å²) in [4.78, 5) is 0. The topological polar surface area (TPSA) is 41.5 Å². The van der Waals surface area contributed by atoms with Gasteiger partial charge in [-0.05, 0) is 31.4 Å². The summed E-state index contributed by atoms with van der Waals surface area (Å²) >= 11 is 0. The van der Waals surface area contributed by atoms with Crippen molar-refractivity contribution in [1.82, 2.24) is 5.32 Å². The van der Waals surface area contributed by atoms with Crippen LogP contribution in [-0.2, 0) is 0 Å². The second kappa shape index (κ2) is 8.11. The molecule has 102 valence electrons. The van der Waals surface area contributed by atoms with Gasteiger partial charge in [0.1, 0.15) is 5.75 Å². The van der Waals surface area contributed by atoms with Crippen LogP contribution in [0.4, 0.5) is 0 Å². The van der Waals surface area contributed by atoms with Crippen LogP contribution in [0.15, 0.2) is 24.3 Å². The zero-order chi connectivity index (χ0) is 13.4. The third-order valence-electron chi connectivity index (χ3n) is 3.26. The van der Waals surface area contributed by atoms with Gasteiger partial charge in [-0.1, -0.05) is 32.0 Å². The highest BCUT2D eigenvalue weighted by atomic mass is 16.5. The Morgan fingerprint density at radius 2 is 2.06 bits per heavy atom. The maximum absolute atomic E-state index is 8.91. The molecule has 0 aromatic heterocycles. The van der Waals surface area contributed by atoms with Crippen LogP contribution in [0.5, 0.6) is 5.75 Å². The fourth-order valence-corrected chi connectivity index (χ4v) is 2.09. The average Bonchev–Trinajstić information content (AvgIpc) is 2.40. The Bertz CT molecular complexity index is 341. The third kappa shape index (κ3) is 4.31. The van der Waals surface area contributed by atoms with E-state index in [4.69, 9.17) is 9.84 Å². The molecular formula is C15H25NO2. The van der Waals surface area contributed by atoms with Gasteiger partial charge in [-0.15, -0.1) is 0 Å². The molecule has 0 spiro atoms. The predicted octanol–water partition coefficient (Wildman–Crippen LogP) is 2.75. The molecule has 0 saturated carbocycles. The van der Waals surface area contributed by atoms with Gasteiger partial charge in [-0.2, -0.15) is 0 Å². The van der Waals surface area contributed by atoms with E-state index in [2.05, 4.69) is 25.2 Å². The fourth-order valence-electron chi connectivity index (χ4n) is 2.09. The Kier molecular flexibility index (Phi) is 6.76. The van der Waals surface area contributed by atoms with E-state index in [1.165, 1.54) is 5.56 Å². The number of aliphatic hydroxyl groups is 1. The minimum absolute atomic E-state index is 0.258. The first-order chi connectivity index (χ1) is 8.72. The first-order valence-corrected chi connectivity index (χ1v) is 6.70. The van der Waals surface area contributed by atoms with Crippen molar-refractivity contribution in [3.05, 3.63) is 29.8 Å². The number of aliphatic hydroxyl groups excluding tert-OH is 1. The van der Waals surface area contributed by atoms with Crippen molar-refractivity contribution >= 4 is 0 Å². The maximum atomic E-state index is 8.91. The molecule has 1 rings (SSSR count). The van der Waals surface area contributed by atoms with E-state index in [1.807, 2.05) is 18.2 Å². The van der Waals surface area contributed by atoms with E-state index in [9.17, 15) is 0 Å². The maximum Gasteiger partial charge on any atom is 0.123 e. The monoisotopic (exact) mass is 251 g/mol. The van der Waals surface area contributed by atoms with Crippen molar-refractivity contribution in [1.29, 1.82) is 0 Å². The molecule has 0 bridgehead atoms. The number of methoxy groups -OCH3 is 1. The zero-order valence-corrected chi connectivity index (χ0v) is 11.6. The molecule has 0 heterocycles. The molecule has 0 saturated heterocycles. The van der Waals surface area contributed by atoms with E-state index in [0.29, 0.717) is 12.0 Å². The second-order valence-electron chi connectivity index (χ2n) is 4.73. The van der Waals surface area contributed by atoms with Crippen LogP contribution in [0.3, 0.4) is 0 Å². The number of para-hydroxylation sites is 1. The Hall–Kier alpha value is -1.06. The molecule has 3 heteroatoms. The van der Waals surface area contributed by atoms with E-state index >= 15 is 0 Å². The number of hydrogen-bond donors (Lipinski definition) is 2. The summed E-state index contributed by atoms with van der Waals surface area (Å²) in [5.41, 5.74) is 1.21. The average molecular weight is 251 g/mol. The fraction of sp³-hybridized carbons (Fsp3) is 0.600. The highest BCUT2D eigenvalue weighted by Crippen LogP contribution is 2.26. The number of rotatable bonds is 8. The van der Waals surface area contributed by atoms with Gasteiger partial charge in [0.25, 0.3) is 0 Å². The summed E-state index contributed by atoms with van der Waals surface area (Å²) in [6.07, 6.45) is 1.86. The molecule has 18 heavy (non-hydrogen) atoms. The van der Waals surface area contributed by atoms with Crippen LogP contribution in [0.1, 0.15) is 38.3 Å². The molecule has 2 N–H and O–H groups in total. The quantitative estimate of drug-likeness (QED) is 0.746. The number of ether oxygens (including phenoxy) is 1. The van der Waals surface area contributed by atoms with E-state index in [1.54, 1.807) is 7.11 Å². The SMILES string of the molecule is CCC(NCC(C)CCO)c1ccccc1OC. The summed E-state index contributed by atoms with van der Waals surface area (Å²) in [7, 11) is 1.71. The highest BCUT2D eigenvalue weighted by molar-refractivity contribution is 5.35. The van der Waals surface area contributed by atoms with Crippen molar-refractivity contribution in [2.75, 3.05) is 20.3 Å². The van der Waals surface area contributed by atoms with Crippen molar-refractivity contribution < 1.29 is 9.84 Å². The normalized spacial score (nSPS) is 14.2. The standard InChI is InChI=1S/C15H25NO2/c1-4-14(16-11-12(2)9-10-17)13-7-5-6-8-15(13)18-3/h5-8,12,14,16-17H,4,9-11H2,1-3H3. The van der Waals surface area contributed by atoms with Gasteiger partial charge < -0.3 is 15.2 Å². The van der Waals surface area contributed by atoms with Gasteiger partial charge in [0.05, 0.1) is 7.11 Å². The third-order valence-corrected chi connectivity index (χ3v) is 3.26. The van der Waals surface area contributed by atoms with Crippen LogP contribution in [0.25, 0.3) is 0 Å². The van der Waals surface area contributed by atoms with Gasteiger partial charge >= 0.3 is 0 Å². The van der Waals surface area contributed by atoms with E-state index in [-0.39, 0.29) is 6.61 Å². The summed E-state index contributed by atoms with van der Waals surface area (Å²) in [6.45, 7) is 5.49. The van der Waals surface area contributed by atoms with Gasteiger partial charge in [-0.25, -0.2) is 0 Å². The predicted molar refractivity (Wildman–Crippen MR) is 74.9 cm³/mol. The number of hydrogen-bond acceptors (Lipinski definition) is 3. The lowest BCUT2D eigenvalue weighted by atomic mass is 10.0. The Morgan fingerprint density at radius 3 is 2.67 bits per heavy atom. The van der Waals surface area contributed by atoms with E-state index in [0.717, 1.165) is 25.1 Å². The largest absolute Gasteiger partial charge is 0.496 e. The van der Waals surface area contributed by atoms with Gasteiger partial charge in [0.15, 0.2) is 0 Å². The summed E-state index contributed by atoms with van der Waals surface area (Å²) in [5, 5.41) is 12.5. The Labute approximate surface area is 110 Å². The molecule has 0 radical (unpaired) electrons. The van der Waals surface area contributed by atoms with Crippen LogP contribution in [-0.4, -0.2) is 25.4 Å². The van der Waals surface area contributed by atoms with Crippen LogP contribution in [0.2, 0.25) is 0 Å². The lowest BCUT2D eigenvalue weighted by molar-refractivity contribution is 0.257. The number of benzene rings is 1. The molecule has 0 fully saturated rings. The lowest BCUT2D eigenvalue weighted by Crippen LogP contribution is -2.26. The molecule has 2 unspecified atom stereocenters. The van der Waals surface area contributed by atoms with Gasteiger partial charge in [0, 0.05) is 18.2 Å². The van der Waals surface area contributed by atoms with Crippen molar-refractivity contribution in [3.8, 4) is 5.75 Å². The first kappa shape index (κ1) is 15.0. The molecule has 1 aromatic rings. The minimum atomic E-state index is 0.258. The summed E-state index contributed by atoms with van der Waals surface area (Å²) < 4.78 is 5.40. The molecular weight excluding hydrogens is 226 g/mol. The van der Waals surface area contributed by atoms with Crippen LogP contribution >= 0.6 is 0 Å². The van der Waals surface area contributed by atoms with Crippen molar-refractivity contribution in [3.63, 3.8) is 0 Å². The Morgan fingerprint density at radius 1 is 1.33 bits per heavy atom. The Balaban J connectivity index is 2.65. The molecule has 3 nitrogen and oxygen atoms in total. The van der Waals surface area contributed by atoms with Gasteiger partial charge in [0.2, 0.25) is 0 Å². The molecule has 0 aliphatic rings. The number of nitrogens with one attached hydrogen (secondary N) is 1. The van der Waals surface area contributed by atoms with Crippen LogP contribution < -0.4 is 10.1 Å². The van der Waals surface area contributed by atoms with Crippen molar-refractivity contribution in [2.45, 2.75) is 32.7 Å². The summed E-state index contributed by atoms with van der Waals surface area (Å²) in [5.74, 6) is 1.42. The molecule has 1 aromatic carbocycles. The molecule has 0 amide bonds. The first-order valence-electron chi connectivity index (χ1n) is 6.70. The highest BCUT2D eigenvalue weighted by Gasteiger charge is 2.14. The van der Waals surface area contributed by atoms with Gasteiger partial charge in [-0.3, -0.25) is 0 Å². The molecule has 2 atom stereocenters. The summed E-state index contributed by atoms with van der Waals surface area (Å²) in [6, 6.07) is 8.44. The molecule has 0 aliphatic heterocycles. The molecule has 0 aliphatic carbocycles. The van der Waals surface area contributed by atoms with E-state index < -0.39 is 0 Å². The van der Waals surface area contributed by atoms with Crippen molar-refractivity contribution in [2.24, 2.45) is 5.92 Å². The smallest absolute Gasteiger partial charge is 0.123 e.